The van der Waals surface area contributed by atoms with Crippen LogP contribution in [0.1, 0.15) is 82.8 Å². The first-order chi connectivity index (χ1) is 13.9. The molecule has 4 rings (SSSR count). The highest BCUT2D eigenvalue weighted by molar-refractivity contribution is 5.43. The molecule has 0 aromatic heterocycles. The quantitative estimate of drug-likeness (QED) is 0.578. The van der Waals surface area contributed by atoms with Gasteiger partial charge in [-0.3, -0.25) is 0 Å². The van der Waals surface area contributed by atoms with Crippen LogP contribution in [0.15, 0.2) is 48.5 Å². The second-order valence-corrected chi connectivity index (χ2v) is 10.1. The second kappa shape index (κ2) is 8.05. The number of phenols is 2. The van der Waals surface area contributed by atoms with Gasteiger partial charge >= 0.3 is 0 Å². The smallest absolute Gasteiger partial charge is 0.115 e. The van der Waals surface area contributed by atoms with Crippen molar-refractivity contribution in [2.24, 2.45) is 17.3 Å². The van der Waals surface area contributed by atoms with Crippen LogP contribution in [0.4, 0.5) is 0 Å². The van der Waals surface area contributed by atoms with Gasteiger partial charge in [0.1, 0.15) is 11.5 Å². The topological polar surface area (TPSA) is 40.5 Å². The summed E-state index contributed by atoms with van der Waals surface area (Å²) in [5.41, 5.74) is 2.89. The average molecular weight is 393 g/mol. The van der Waals surface area contributed by atoms with Gasteiger partial charge in [0.05, 0.1) is 0 Å². The van der Waals surface area contributed by atoms with Gasteiger partial charge in [-0.25, -0.2) is 0 Å². The lowest BCUT2D eigenvalue weighted by Crippen LogP contribution is -2.42. The summed E-state index contributed by atoms with van der Waals surface area (Å²) in [5.74, 6) is 2.16. The van der Waals surface area contributed by atoms with Gasteiger partial charge in [-0.05, 0) is 84.7 Å². The van der Waals surface area contributed by atoms with Crippen LogP contribution >= 0.6 is 0 Å². The Morgan fingerprint density at radius 1 is 0.690 bits per heavy atom. The number of phenolic OH excluding ortho intramolecular Hbond substituents is 2. The highest BCUT2D eigenvalue weighted by Gasteiger charge is 2.46. The molecule has 2 heteroatoms. The van der Waals surface area contributed by atoms with Gasteiger partial charge in [-0.1, -0.05) is 63.8 Å². The number of benzene rings is 2. The SMILES string of the molecule is CC(C)(C1CCCCC1)C1CCCC(c2ccc(O)cc2)(c2ccc(O)cc2)C1. The lowest BCUT2D eigenvalue weighted by molar-refractivity contribution is 0.0412. The van der Waals surface area contributed by atoms with Crippen LogP contribution in [0.3, 0.4) is 0 Å². The van der Waals surface area contributed by atoms with Gasteiger partial charge in [0, 0.05) is 5.41 Å². The fraction of sp³-hybridized carbons (Fsp3) is 0.556. The maximum atomic E-state index is 9.86. The maximum Gasteiger partial charge on any atom is 0.115 e. The third-order valence-corrected chi connectivity index (χ3v) is 8.30. The van der Waals surface area contributed by atoms with Crippen LogP contribution in [0.25, 0.3) is 0 Å². The molecule has 1 unspecified atom stereocenters. The van der Waals surface area contributed by atoms with Crippen molar-refractivity contribution in [3.63, 3.8) is 0 Å². The van der Waals surface area contributed by atoms with E-state index in [4.69, 9.17) is 0 Å². The van der Waals surface area contributed by atoms with Gasteiger partial charge in [0.15, 0.2) is 0 Å². The van der Waals surface area contributed by atoms with E-state index in [1.165, 1.54) is 56.1 Å². The molecule has 2 aromatic rings. The molecule has 0 saturated heterocycles. The lowest BCUT2D eigenvalue weighted by Gasteiger charge is -2.50. The molecule has 0 amide bonds. The molecular formula is C27H36O2. The Balaban J connectivity index is 1.72. The molecule has 1 atom stereocenters. The van der Waals surface area contributed by atoms with E-state index < -0.39 is 0 Å². The molecule has 2 nitrogen and oxygen atoms in total. The molecule has 2 saturated carbocycles. The highest BCUT2D eigenvalue weighted by atomic mass is 16.3. The van der Waals surface area contributed by atoms with Crippen molar-refractivity contribution < 1.29 is 10.2 Å². The lowest BCUT2D eigenvalue weighted by atomic mass is 9.54. The van der Waals surface area contributed by atoms with E-state index in [1.807, 2.05) is 24.3 Å². The first kappa shape index (κ1) is 20.3. The van der Waals surface area contributed by atoms with E-state index in [9.17, 15) is 10.2 Å². The number of hydrogen-bond donors (Lipinski definition) is 2. The van der Waals surface area contributed by atoms with Crippen LogP contribution in [0, 0.1) is 17.3 Å². The normalized spacial score (nSPS) is 23.0. The predicted octanol–water partition coefficient (Wildman–Crippen LogP) is 7.18. The summed E-state index contributed by atoms with van der Waals surface area (Å²) in [5, 5.41) is 19.7. The third kappa shape index (κ3) is 3.91. The first-order valence-corrected chi connectivity index (χ1v) is 11.5. The van der Waals surface area contributed by atoms with Crippen molar-refractivity contribution in [2.75, 3.05) is 0 Å². The van der Waals surface area contributed by atoms with Gasteiger partial charge in [-0.15, -0.1) is 0 Å². The van der Waals surface area contributed by atoms with Gasteiger partial charge in [0.2, 0.25) is 0 Å². The first-order valence-electron chi connectivity index (χ1n) is 11.5. The van der Waals surface area contributed by atoms with Crippen molar-refractivity contribution in [1.82, 2.24) is 0 Å². The van der Waals surface area contributed by atoms with E-state index in [0.717, 1.165) is 18.8 Å². The minimum Gasteiger partial charge on any atom is -0.508 e. The molecule has 0 heterocycles. The van der Waals surface area contributed by atoms with Crippen LogP contribution in [-0.4, -0.2) is 10.2 Å². The number of aromatic hydroxyl groups is 2. The molecule has 2 N–H and O–H groups in total. The highest BCUT2D eigenvalue weighted by Crippen LogP contribution is 2.55. The largest absolute Gasteiger partial charge is 0.508 e. The van der Waals surface area contributed by atoms with E-state index in [0.29, 0.717) is 22.8 Å². The van der Waals surface area contributed by atoms with Crippen LogP contribution in [-0.2, 0) is 5.41 Å². The Hall–Kier alpha value is -1.96. The van der Waals surface area contributed by atoms with Crippen LogP contribution in [0.5, 0.6) is 11.5 Å². The van der Waals surface area contributed by atoms with E-state index >= 15 is 0 Å². The number of hydrogen-bond acceptors (Lipinski definition) is 2. The molecule has 0 aliphatic heterocycles. The second-order valence-electron chi connectivity index (χ2n) is 10.1. The summed E-state index contributed by atoms with van der Waals surface area (Å²) in [6.07, 6.45) is 11.8. The minimum absolute atomic E-state index is 0.0454. The molecule has 156 valence electrons. The van der Waals surface area contributed by atoms with E-state index in [2.05, 4.69) is 38.1 Å². The summed E-state index contributed by atoms with van der Waals surface area (Å²) in [6, 6.07) is 15.7. The molecule has 0 radical (unpaired) electrons. The molecule has 2 aromatic carbocycles. The van der Waals surface area contributed by atoms with Crippen molar-refractivity contribution in [1.29, 1.82) is 0 Å². The van der Waals surface area contributed by atoms with E-state index in [-0.39, 0.29) is 5.41 Å². The van der Waals surface area contributed by atoms with Crippen molar-refractivity contribution in [3.8, 4) is 11.5 Å². The monoisotopic (exact) mass is 392 g/mol. The summed E-state index contributed by atoms with van der Waals surface area (Å²) in [7, 11) is 0. The van der Waals surface area contributed by atoms with Crippen molar-refractivity contribution >= 4 is 0 Å². The zero-order valence-electron chi connectivity index (χ0n) is 18.0. The van der Waals surface area contributed by atoms with Gasteiger partial charge in [-0.2, -0.15) is 0 Å². The Morgan fingerprint density at radius 2 is 1.17 bits per heavy atom. The third-order valence-electron chi connectivity index (χ3n) is 8.30. The fourth-order valence-corrected chi connectivity index (χ4v) is 6.34. The van der Waals surface area contributed by atoms with Crippen molar-refractivity contribution in [2.45, 2.75) is 77.0 Å². The van der Waals surface area contributed by atoms with Gasteiger partial charge in [0.25, 0.3) is 0 Å². The van der Waals surface area contributed by atoms with Crippen LogP contribution in [0.2, 0.25) is 0 Å². The molecule has 2 aliphatic carbocycles. The molecule has 0 spiro atoms. The summed E-state index contributed by atoms with van der Waals surface area (Å²) < 4.78 is 0. The fourth-order valence-electron chi connectivity index (χ4n) is 6.34. The zero-order valence-corrected chi connectivity index (χ0v) is 18.0. The Morgan fingerprint density at radius 3 is 1.69 bits per heavy atom. The Labute approximate surface area is 176 Å². The summed E-state index contributed by atoms with van der Waals surface area (Å²) in [4.78, 5) is 0. The Bertz CT molecular complexity index is 752. The minimum atomic E-state index is -0.0454. The maximum absolute atomic E-state index is 9.86. The van der Waals surface area contributed by atoms with Crippen molar-refractivity contribution in [3.05, 3.63) is 59.7 Å². The molecule has 2 fully saturated rings. The molecule has 29 heavy (non-hydrogen) atoms. The summed E-state index contributed by atoms with van der Waals surface area (Å²) in [6.45, 7) is 5.05. The number of rotatable bonds is 4. The van der Waals surface area contributed by atoms with E-state index in [1.54, 1.807) is 0 Å². The molecule has 0 bridgehead atoms. The standard InChI is InChI=1S/C27H36O2/c1-26(2,20-7-4-3-5-8-20)23-9-6-18-27(19-23,21-10-14-24(28)15-11-21)22-12-16-25(29)17-13-22/h10-17,20,23,28-29H,3-9,18-19H2,1-2H3. The van der Waals surface area contributed by atoms with Crippen LogP contribution < -0.4 is 0 Å². The predicted molar refractivity (Wildman–Crippen MR) is 119 cm³/mol. The average Bonchev–Trinajstić information content (AvgIpc) is 2.75. The van der Waals surface area contributed by atoms with Gasteiger partial charge < -0.3 is 10.2 Å². The molecule has 2 aliphatic rings. The summed E-state index contributed by atoms with van der Waals surface area (Å²) >= 11 is 0. The Kier molecular flexibility index (Phi) is 5.64. The zero-order chi connectivity index (χ0) is 20.5. The molecular weight excluding hydrogens is 356 g/mol.